The summed E-state index contributed by atoms with van der Waals surface area (Å²) < 4.78 is 41.4. The van der Waals surface area contributed by atoms with Crippen LogP contribution in [-0.2, 0) is 9.59 Å². The summed E-state index contributed by atoms with van der Waals surface area (Å²) >= 11 is 0. The normalized spacial score (nSPS) is 23.1. The molecule has 1 aliphatic carbocycles. The van der Waals surface area contributed by atoms with Crippen LogP contribution in [0, 0.1) is 18.3 Å². The van der Waals surface area contributed by atoms with E-state index >= 15 is 0 Å². The molecule has 3 N–H and O–H groups in total. The maximum atomic E-state index is 12.6. The number of fused-ring (bicyclic) bond motifs is 1. The lowest BCUT2D eigenvalue weighted by Gasteiger charge is -2.23. The third-order valence-electron chi connectivity index (χ3n) is 5.52. The van der Waals surface area contributed by atoms with Crippen molar-refractivity contribution in [3.8, 4) is 5.75 Å². The minimum Gasteiger partial charge on any atom is -0.406 e. The number of hydrogen-bond acceptors (Lipinski definition) is 6. The number of carbonyl (C=O) groups is 2. The van der Waals surface area contributed by atoms with Gasteiger partial charge in [0.1, 0.15) is 16.9 Å². The van der Waals surface area contributed by atoms with Crippen molar-refractivity contribution in [2.45, 2.75) is 32.7 Å². The van der Waals surface area contributed by atoms with Crippen LogP contribution in [0.25, 0.3) is 0 Å². The van der Waals surface area contributed by atoms with Gasteiger partial charge in [0.05, 0.1) is 5.92 Å². The lowest BCUT2D eigenvalue weighted by molar-refractivity contribution is -0.274. The van der Waals surface area contributed by atoms with Gasteiger partial charge in [0, 0.05) is 31.9 Å². The van der Waals surface area contributed by atoms with Gasteiger partial charge in [-0.1, -0.05) is 18.2 Å². The summed E-state index contributed by atoms with van der Waals surface area (Å²) in [6.45, 7) is 3.69. The lowest BCUT2D eigenvalue weighted by atomic mass is 9.93. The number of halogens is 3. The van der Waals surface area contributed by atoms with Crippen molar-refractivity contribution in [2.75, 3.05) is 19.7 Å². The number of rotatable bonds is 9. The molecule has 1 aromatic rings. The first-order valence-electron chi connectivity index (χ1n) is 9.88. The van der Waals surface area contributed by atoms with Crippen LogP contribution in [0.5, 0.6) is 5.75 Å². The molecular formula is C21H24F3N3O4. The van der Waals surface area contributed by atoms with E-state index in [4.69, 9.17) is 5.11 Å². The molecule has 1 aliphatic heterocycles. The number of allylic oxidation sites excluding steroid dienone is 1. The highest BCUT2D eigenvalue weighted by atomic mass is 19.4. The third-order valence-corrected chi connectivity index (χ3v) is 5.52. The van der Waals surface area contributed by atoms with E-state index < -0.39 is 23.6 Å². The molecule has 31 heavy (non-hydrogen) atoms. The molecule has 3 rings (SSSR count). The first kappa shape index (κ1) is 23.0. The number of amides is 1. The second-order valence-electron chi connectivity index (χ2n) is 7.64. The molecule has 2 aliphatic rings. The second-order valence-corrected chi connectivity index (χ2v) is 7.64. The van der Waals surface area contributed by atoms with Crippen molar-refractivity contribution < 1.29 is 32.6 Å². The Hall–Kier alpha value is -2.72. The molecule has 0 saturated heterocycles. The molecule has 3 unspecified atom stereocenters. The van der Waals surface area contributed by atoms with Crippen LogP contribution in [0.4, 0.5) is 13.2 Å². The molecule has 0 radical (unpaired) electrons. The molecular weight excluding hydrogens is 415 g/mol. The number of ether oxygens (including phenoxy) is 1. The predicted octanol–water partition coefficient (Wildman–Crippen LogP) is 2.20. The fourth-order valence-corrected chi connectivity index (χ4v) is 3.72. The summed E-state index contributed by atoms with van der Waals surface area (Å²) in [6, 6.07) is 4.06. The molecule has 1 amide bonds. The third kappa shape index (κ3) is 4.80. The number of aliphatic imine (C=N–C) groups is 1. The number of nitrogens with one attached hydrogen (secondary N) is 2. The monoisotopic (exact) mass is 439 g/mol. The molecule has 1 aromatic carbocycles. The number of aliphatic hydroxyl groups is 1. The van der Waals surface area contributed by atoms with Crippen LogP contribution in [0.2, 0.25) is 0 Å². The predicted molar refractivity (Wildman–Crippen MR) is 106 cm³/mol. The van der Waals surface area contributed by atoms with Gasteiger partial charge in [0.15, 0.2) is 5.78 Å². The number of aliphatic hydroxyl groups excluding tert-OH is 1. The molecule has 1 heterocycles. The van der Waals surface area contributed by atoms with E-state index in [0.29, 0.717) is 17.5 Å². The number of hydrogen-bond donors (Lipinski definition) is 3. The van der Waals surface area contributed by atoms with Crippen molar-refractivity contribution in [2.24, 2.45) is 16.3 Å². The van der Waals surface area contributed by atoms with E-state index in [0.717, 1.165) is 0 Å². The number of carbonyl (C=O) groups excluding carboxylic acids is 2. The summed E-state index contributed by atoms with van der Waals surface area (Å²) in [5.41, 5.74) is 0.118. The summed E-state index contributed by atoms with van der Waals surface area (Å²) in [5.74, 6) is -1.27. The first-order valence-corrected chi connectivity index (χ1v) is 9.88. The van der Waals surface area contributed by atoms with Crippen LogP contribution < -0.4 is 15.4 Å². The summed E-state index contributed by atoms with van der Waals surface area (Å²) in [5, 5.41) is 14.7. The highest BCUT2D eigenvalue weighted by molar-refractivity contribution is 6.50. The summed E-state index contributed by atoms with van der Waals surface area (Å²) in [6.07, 6.45) is -1.27. The molecule has 7 nitrogen and oxygen atoms in total. The van der Waals surface area contributed by atoms with Gasteiger partial charge in [-0.15, -0.1) is 13.2 Å². The quantitative estimate of drug-likeness (QED) is 0.513. The van der Waals surface area contributed by atoms with Crippen LogP contribution in [0.1, 0.15) is 30.5 Å². The Morgan fingerprint density at radius 3 is 2.77 bits per heavy atom. The maximum absolute atomic E-state index is 12.6. The SMILES string of the molecule is Cc1cc(C(C)NCC23C(=O)C2C=CN=C3C(=O)NCCCO)ccc1OC(F)(F)F. The van der Waals surface area contributed by atoms with Gasteiger partial charge in [-0.05, 0) is 37.5 Å². The zero-order valence-corrected chi connectivity index (χ0v) is 17.1. The van der Waals surface area contributed by atoms with E-state index in [2.05, 4.69) is 20.4 Å². The Kier molecular flexibility index (Phi) is 6.51. The van der Waals surface area contributed by atoms with Gasteiger partial charge in [-0.2, -0.15) is 0 Å². The average Bonchev–Trinajstić information content (AvgIpc) is 3.31. The van der Waals surface area contributed by atoms with Gasteiger partial charge in [0.25, 0.3) is 5.91 Å². The van der Waals surface area contributed by atoms with Gasteiger partial charge in [-0.25, -0.2) is 0 Å². The van der Waals surface area contributed by atoms with Crippen molar-refractivity contribution >= 4 is 17.4 Å². The number of benzene rings is 1. The smallest absolute Gasteiger partial charge is 0.406 e. The highest BCUT2D eigenvalue weighted by Gasteiger charge is 2.68. The van der Waals surface area contributed by atoms with Crippen molar-refractivity contribution in [3.63, 3.8) is 0 Å². The number of Topliss-reactive ketones (excluding diaryl/α,β-unsaturated/α-hetero) is 1. The first-order chi connectivity index (χ1) is 14.6. The molecule has 0 aromatic heterocycles. The molecule has 10 heteroatoms. The Labute approximate surface area is 177 Å². The van der Waals surface area contributed by atoms with Crippen molar-refractivity contribution in [1.82, 2.24) is 10.6 Å². The Morgan fingerprint density at radius 2 is 2.13 bits per heavy atom. The van der Waals surface area contributed by atoms with E-state index in [-0.39, 0.29) is 43.0 Å². The standard InChI is InChI=1S/C21H24F3N3O4/c1-12-10-14(4-5-16(12)31-21(22,23)24)13(2)27-11-20-15(18(20)29)6-8-25-17(20)19(30)26-7-3-9-28/h4-6,8,10,13,15,27-28H,3,7,9,11H2,1-2H3,(H,26,30). The lowest BCUT2D eigenvalue weighted by Crippen LogP contribution is -2.44. The minimum absolute atomic E-state index is 0.0648. The highest BCUT2D eigenvalue weighted by Crippen LogP contribution is 2.52. The number of nitrogens with zero attached hydrogens (tertiary/aromatic N) is 1. The van der Waals surface area contributed by atoms with Gasteiger partial charge < -0.3 is 20.5 Å². The van der Waals surface area contributed by atoms with Gasteiger partial charge in [-0.3, -0.25) is 14.6 Å². The molecule has 0 spiro atoms. The number of alkyl halides is 3. The minimum atomic E-state index is -4.77. The Balaban J connectivity index is 1.69. The average molecular weight is 439 g/mol. The second kappa shape index (κ2) is 8.80. The van der Waals surface area contributed by atoms with E-state index in [1.54, 1.807) is 12.1 Å². The molecule has 3 atom stereocenters. The van der Waals surface area contributed by atoms with E-state index in [1.165, 1.54) is 25.3 Å². The maximum Gasteiger partial charge on any atom is 0.573 e. The van der Waals surface area contributed by atoms with Gasteiger partial charge >= 0.3 is 6.36 Å². The van der Waals surface area contributed by atoms with Crippen LogP contribution >= 0.6 is 0 Å². The molecule has 0 bridgehead atoms. The largest absolute Gasteiger partial charge is 0.573 e. The van der Waals surface area contributed by atoms with Crippen molar-refractivity contribution in [1.29, 1.82) is 0 Å². The number of aryl methyl sites for hydroxylation is 1. The fourth-order valence-electron chi connectivity index (χ4n) is 3.72. The zero-order valence-electron chi connectivity index (χ0n) is 17.1. The topological polar surface area (TPSA) is 100 Å². The summed E-state index contributed by atoms with van der Waals surface area (Å²) in [7, 11) is 0. The molecule has 168 valence electrons. The molecule has 1 fully saturated rings. The van der Waals surface area contributed by atoms with E-state index in [9.17, 15) is 22.8 Å². The molecule has 1 saturated carbocycles. The summed E-state index contributed by atoms with van der Waals surface area (Å²) in [4.78, 5) is 29.2. The Bertz CT molecular complexity index is 929. The van der Waals surface area contributed by atoms with E-state index in [1.807, 2.05) is 6.92 Å². The Morgan fingerprint density at radius 1 is 1.39 bits per heavy atom. The zero-order chi connectivity index (χ0) is 22.8. The van der Waals surface area contributed by atoms with Crippen LogP contribution in [0.3, 0.4) is 0 Å². The van der Waals surface area contributed by atoms with Crippen molar-refractivity contribution in [3.05, 3.63) is 41.6 Å². The fraction of sp³-hybridized carbons (Fsp3) is 0.476. The van der Waals surface area contributed by atoms with Gasteiger partial charge in [0.2, 0.25) is 0 Å². The van der Waals surface area contributed by atoms with Crippen LogP contribution in [0.15, 0.2) is 35.5 Å². The number of ketones is 1. The van der Waals surface area contributed by atoms with Crippen LogP contribution in [-0.4, -0.2) is 48.6 Å².